The zero-order valence-corrected chi connectivity index (χ0v) is 17.0. The number of likely N-dealkylation sites (tertiary alicyclic amines) is 1. The van der Waals surface area contributed by atoms with Crippen LogP contribution in [0.1, 0.15) is 47.4 Å². The average molecular weight is 413 g/mol. The van der Waals surface area contributed by atoms with Crippen LogP contribution in [0.15, 0.2) is 24.5 Å². The van der Waals surface area contributed by atoms with Crippen LogP contribution in [0.3, 0.4) is 0 Å². The van der Waals surface area contributed by atoms with Crippen LogP contribution in [0.2, 0.25) is 0 Å². The van der Waals surface area contributed by atoms with Crippen molar-refractivity contribution in [3.63, 3.8) is 0 Å². The Balaban J connectivity index is 1.16. The van der Waals surface area contributed by atoms with Crippen LogP contribution < -0.4 is 0 Å². The van der Waals surface area contributed by atoms with Crippen LogP contribution in [0.25, 0.3) is 0 Å². The Kier molecular flexibility index (Phi) is 5.49. The number of aromatic nitrogens is 4. The number of hydrogen-bond donors (Lipinski definition) is 0. The van der Waals surface area contributed by atoms with E-state index in [9.17, 15) is 4.79 Å². The van der Waals surface area contributed by atoms with Crippen molar-refractivity contribution >= 4 is 5.91 Å². The van der Waals surface area contributed by atoms with Gasteiger partial charge in [-0.25, -0.2) is 4.68 Å². The maximum absolute atomic E-state index is 12.7. The molecule has 9 nitrogen and oxygen atoms in total. The lowest BCUT2D eigenvalue weighted by atomic mass is 9.89. The number of ether oxygens (including phenoxy) is 3. The lowest BCUT2D eigenvalue weighted by Crippen LogP contribution is -2.52. The molecule has 0 radical (unpaired) electrons. The van der Waals surface area contributed by atoms with E-state index in [1.807, 2.05) is 9.58 Å². The predicted octanol–water partition coefficient (Wildman–Crippen LogP) is 1.57. The Morgan fingerprint density at radius 2 is 2.23 bits per heavy atom. The third-order valence-electron chi connectivity index (χ3n) is 6.31. The van der Waals surface area contributed by atoms with E-state index in [1.165, 1.54) is 0 Å². The molecule has 160 valence electrons. The van der Waals surface area contributed by atoms with E-state index in [1.54, 1.807) is 24.5 Å². The molecular weight excluding hydrogens is 386 g/mol. The molecule has 1 unspecified atom stereocenters. The highest BCUT2D eigenvalue weighted by molar-refractivity contribution is 5.93. The maximum atomic E-state index is 12.7. The van der Waals surface area contributed by atoms with Gasteiger partial charge in [-0.15, -0.1) is 5.10 Å². The zero-order chi connectivity index (χ0) is 20.4. The molecule has 0 aliphatic carbocycles. The summed E-state index contributed by atoms with van der Waals surface area (Å²) in [6, 6.07) is 3.60. The highest BCUT2D eigenvalue weighted by Gasteiger charge is 2.41. The van der Waals surface area contributed by atoms with E-state index < -0.39 is 0 Å². The number of carbonyl (C=O) groups is 1. The third kappa shape index (κ3) is 3.97. The Morgan fingerprint density at radius 1 is 1.33 bits per heavy atom. The fraction of sp³-hybridized carbons (Fsp3) is 0.619. The normalized spacial score (nSPS) is 22.9. The summed E-state index contributed by atoms with van der Waals surface area (Å²) in [5, 5.41) is 8.66. The lowest BCUT2D eigenvalue weighted by molar-refractivity contribution is -0.120. The van der Waals surface area contributed by atoms with Crippen LogP contribution in [0.4, 0.5) is 0 Å². The zero-order valence-electron chi connectivity index (χ0n) is 17.0. The van der Waals surface area contributed by atoms with Gasteiger partial charge < -0.3 is 19.1 Å². The first-order valence-electron chi connectivity index (χ1n) is 10.7. The third-order valence-corrected chi connectivity index (χ3v) is 6.31. The molecule has 5 rings (SSSR count). The monoisotopic (exact) mass is 413 g/mol. The van der Waals surface area contributed by atoms with Gasteiger partial charge in [-0.2, -0.15) is 0 Å². The van der Waals surface area contributed by atoms with Crippen molar-refractivity contribution in [3.05, 3.63) is 41.5 Å². The van der Waals surface area contributed by atoms with Crippen molar-refractivity contribution in [3.8, 4) is 0 Å². The summed E-state index contributed by atoms with van der Waals surface area (Å²) in [5.74, 6) is 0.0286. The molecule has 3 aliphatic rings. The highest BCUT2D eigenvalue weighted by Crippen LogP contribution is 2.34. The van der Waals surface area contributed by atoms with Gasteiger partial charge in [0.2, 0.25) is 0 Å². The second-order valence-corrected chi connectivity index (χ2v) is 8.30. The quantitative estimate of drug-likeness (QED) is 0.735. The molecule has 3 aliphatic heterocycles. The fourth-order valence-electron chi connectivity index (χ4n) is 4.46. The van der Waals surface area contributed by atoms with Gasteiger partial charge >= 0.3 is 0 Å². The Morgan fingerprint density at radius 3 is 3.00 bits per heavy atom. The first-order valence-corrected chi connectivity index (χ1v) is 10.7. The fourth-order valence-corrected chi connectivity index (χ4v) is 4.46. The van der Waals surface area contributed by atoms with Crippen LogP contribution >= 0.6 is 0 Å². The SMILES string of the molecule is O=C(c1cccnc1)N1CCC2(CC1)Cn1nnc(COCC3CCCO3)c1CO2. The summed E-state index contributed by atoms with van der Waals surface area (Å²) in [4.78, 5) is 18.6. The molecule has 0 bridgehead atoms. The number of piperidine rings is 1. The largest absolute Gasteiger partial charge is 0.376 e. The molecule has 1 atom stereocenters. The molecule has 0 saturated carbocycles. The number of pyridine rings is 1. The molecule has 2 aromatic heterocycles. The number of carbonyl (C=O) groups excluding carboxylic acids is 1. The Bertz CT molecular complexity index is 873. The van der Waals surface area contributed by atoms with Gasteiger partial charge in [0.25, 0.3) is 5.91 Å². The van der Waals surface area contributed by atoms with E-state index in [0.29, 0.717) is 45.0 Å². The Labute approximate surface area is 175 Å². The minimum Gasteiger partial charge on any atom is -0.376 e. The van der Waals surface area contributed by atoms with E-state index in [2.05, 4.69) is 15.3 Å². The molecule has 2 fully saturated rings. The van der Waals surface area contributed by atoms with Crippen molar-refractivity contribution in [2.75, 3.05) is 26.3 Å². The van der Waals surface area contributed by atoms with Crippen LogP contribution in [0.5, 0.6) is 0 Å². The van der Waals surface area contributed by atoms with E-state index in [0.717, 1.165) is 43.7 Å². The molecule has 1 spiro atoms. The van der Waals surface area contributed by atoms with E-state index in [4.69, 9.17) is 14.2 Å². The summed E-state index contributed by atoms with van der Waals surface area (Å²) in [6.07, 6.45) is 7.23. The van der Waals surface area contributed by atoms with Crippen molar-refractivity contribution < 1.29 is 19.0 Å². The van der Waals surface area contributed by atoms with Crippen molar-refractivity contribution in [2.45, 2.75) is 57.1 Å². The topological polar surface area (TPSA) is 91.6 Å². The summed E-state index contributed by atoms with van der Waals surface area (Å²) in [6.45, 7) is 4.32. The molecule has 30 heavy (non-hydrogen) atoms. The Hall–Kier alpha value is -2.36. The van der Waals surface area contributed by atoms with E-state index in [-0.39, 0.29) is 17.6 Å². The second kappa shape index (κ2) is 8.41. The standard InChI is InChI=1S/C21H27N5O4/c27-20(16-3-1-7-22-11-16)25-8-5-21(6-9-25)15-26-19(14-30-21)18(23-24-26)13-28-12-17-4-2-10-29-17/h1,3,7,11,17H,2,4-6,8-10,12-15H2. The van der Waals surface area contributed by atoms with Crippen LogP contribution in [-0.4, -0.2) is 68.8 Å². The molecule has 9 heteroatoms. The average Bonchev–Trinajstić information content (AvgIpc) is 3.44. The van der Waals surface area contributed by atoms with E-state index >= 15 is 0 Å². The molecule has 0 aromatic carbocycles. The van der Waals surface area contributed by atoms with Gasteiger partial charge in [0.05, 0.1) is 49.3 Å². The van der Waals surface area contributed by atoms with Gasteiger partial charge in [-0.05, 0) is 37.8 Å². The highest BCUT2D eigenvalue weighted by atomic mass is 16.5. The number of amides is 1. The number of nitrogens with zero attached hydrogens (tertiary/aromatic N) is 5. The summed E-state index contributed by atoms with van der Waals surface area (Å²) in [5.41, 5.74) is 2.17. The van der Waals surface area contributed by atoms with Crippen molar-refractivity contribution in [1.29, 1.82) is 0 Å². The van der Waals surface area contributed by atoms with Crippen molar-refractivity contribution in [1.82, 2.24) is 24.9 Å². The predicted molar refractivity (Wildman–Crippen MR) is 106 cm³/mol. The smallest absolute Gasteiger partial charge is 0.255 e. The molecule has 0 N–H and O–H groups in total. The van der Waals surface area contributed by atoms with Gasteiger partial charge in [-0.3, -0.25) is 9.78 Å². The molecular formula is C21H27N5O4. The first kappa shape index (κ1) is 19.6. The first-order chi connectivity index (χ1) is 14.7. The minimum atomic E-state index is -0.289. The second-order valence-electron chi connectivity index (χ2n) is 8.30. The summed E-state index contributed by atoms with van der Waals surface area (Å²) >= 11 is 0. The number of fused-ring (bicyclic) bond motifs is 1. The van der Waals surface area contributed by atoms with Gasteiger partial charge in [-0.1, -0.05) is 5.21 Å². The van der Waals surface area contributed by atoms with Gasteiger partial charge in [0.15, 0.2) is 0 Å². The molecule has 5 heterocycles. The van der Waals surface area contributed by atoms with Crippen LogP contribution in [-0.2, 0) is 34.0 Å². The number of hydrogen-bond acceptors (Lipinski definition) is 7. The number of rotatable bonds is 5. The van der Waals surface area contributed by atoms with Gasteiger partial charge in [0, 0.05) is 32.1 Å². The molecule has 1 amide bonds. The molecule has 2 saturated heterocycles. The lowest BCUT2D eigenvalue weighted by Gasteiger charge is -2.43. The van der Waals surface area contributed by atoms with Crippen LogP contribution in [0, 0.1) is 0 Å². The summed E-state index contributed by atoms with van der Waals surface area (Å²) < 4.78 is 19.7. The van der Waals surface area contributed by atoms with Crippen molar-refractivity contribution in [2.24, 2.45) is 0 Å². The van der Waals surface area contributed by atoms with Gasteiger partial charge in [0.1, 0.15) is 5.69 Å². The summed E-state index contributed by atoms with van der Waals surface area (Å²) in [7, 11) is 0. The maximum Gasteiger partial charge on any atom is 0.255 e. The minimum absolute atomic E-state index is 0.0286. The molecule has 2 aromatic rings.